The topological polar surface area (TPSA) is 77.0 Å². The van der Waals surface area contributed by atoms with Crippen molar-refractivity contribution < 1.29 is 19.1 Å². The highest BCUT2D eigenvalue weighted by Crippen LogP contribution is 2.21. The number of hydrazone groups is 1. The minimum atomic E-state index is -0.402. The van der Waals surface area contributed by atoms with Crippen molar-refractivity contribution in [2.24, 2.45) is 5.10 Å². The molecule has 0 fully saturated rings. The number of nitrogens with one attached hydrogen (secondary N) is 1. The molecule has 142 valence electrons. The van der Waals surface area contributed by atoms with Gasteiger partial charge in [0.15, 0.2) is 6.61 Å². The molecule has 0 bridgehead atoms. The summed E-state index contributed by atoms with van der Waals surface area (Å²) in [6.07, 6.45) is 2.56. The number of hydrogen-bond donors (Lipinski definition) is 1. The van der Waals surface area contributed by atoms with Crippen LogP contribution in [0.3, 0.4) is 0 Å². The molecule has 1 amide bonds. The highest BCUT2D eigenvalue weighted by atomic mass is 16.5. The van der Waals surface area contributed by atoms with Crippen LogP contribution in [0, 0.1) is 0 Å². The van der Waals surface area contributed by atoms with E-state index >= 15 is 0 Å². The first-order chi connectivity index (χ1) is 13.0. The average Bonchev–Trinajstić information content (AvgIpc) is 2.72. The standard InChI is InChI=1S/C21H24N2O4/c1-4-15(2)17-9-11-19(12-10-17)27-14-20(24)23-22-13-16-5-7-18(8-6-16)21(25)26-3/h5-13,15H,4,14H2,1-3H3,(H,23,24). The van der Waals surface area contributed by atoms with Crippen molar-refractivity contribution in [3.8, 4) is 5.75 Å². The second kappa shape index (κ2) is 10.1. The van der Waals surface area contributed by atoms with Gasteiger partial charge in [0, 0.05) is 0 Å². The summed E-state index contributed by atoms with van der Waals surface area (Å²) in [5.74, 6) is 0.377. The Morgan fingerprint density at radius 1 is 1.11 bits per heavy atom. The van der Waals surface area contributed by atoms with Gasteiger partial charge in [0.1, 0.15) is 5.75 Å². The second-order valence-electron chi connectivity index (χ2n) is 6.07. The molecule has 0 saturated heterocycles. The van der Waals surface area contributed by atoms with Crippen LogP contribution in [-0.2, 0) is 9.53 Å². The van der Waals surface area contributed by atoms with Crippen LogP contribution >= 0.6 is 0 Å². The van der Waals surface area contributed by atoms with E-state index in [1.807, 2.05) is 24.3 Å². The zero-order valence-electron chi connectivity index (χ0n) is 15.8. The molecule has 2 rings (SSSR count). The Labute approximate surface area is 159 Å². The Hall–Kier alpha value is -3.15. The fourth-order valence-electron chi connectivity index (χ4n) is 2.31. The number of esters is 1. The van der Waals surface area contributed by atoms with Gasteiger partial charge in [-0.15, -0.1) is 0 Å². The van der Waals surface area contributed by atoms with Crippen molar-refractivity contribution in [3.63, 3.8) is 0 Å². The number of hydrogen-bond acceptors (Lipinski definition) is 5. The lowest BCUT2D eigenvalue weighted by Crippen LogP contribution is -2.24. The number of methoxy groups -OCH3 is 1. The van der Waals surface area contributed by atoms with Gasteiger partial charge >= 0.3 is 5.97 Å². The van der Waals surface area contributed by atoms with E-state index in [-0.39, 0.29) is 12.5 Å². The van der Waals surface area contributed by atoms with E-state index in [4.69, 9.17) is 4.74 Å². The molecule has 0 radical (unpaired) electrons. The van der Waals surface area contributed by atoms with E-state index in [1.54, 1.807) is 24.3 Å². The van der Waals surface area contributed by atoms with E-state index in [0.717, 1.165) is 12.0 Å². The van der Waals surface area contributed by atoms with E-state index in [9.17, 15) is 9.59 Å². The lowest BCUT2D eigenvalue weighted by molar-refractivity contribution is -0.123. The minimum Gasteiger partial charge on any atom is -0.484 e. The van der Waals surface area contributed by atoms with Gasteiger partial charge < -0.3 is 9.47 Å². The Balaban J connectivity index is 1.78. The van der Waals surface area contributed by atoms with Crippen molar-refractivity contribution >= 4 is 18.1 Å². The number of carbonyl (C=O) groups excluding carboxylic acids is 2. The molecule has 0 aliphatic rings. The van der Waals surface area contributed by atoms with Gasteiger partial charge in [0.2, 0.25) is 0 Å². The number of carbonyl (C=O) groups is 2. The molecule has 1 atom stereocenters. The van der Waals surface area contributed by atoms with Gasteiger partial charge in [-0.25, -0.2) is 10.2 Å². The number of ether oxygens (including phenoxy) is 2. The zero-order valence-corrected chi connectivity index (χ0v) is 15.8. The van der Waals surface area contributed by atoms with E-state index in [2.05, 4.69) is 29.1 Å². The van der Waals surface area contributed by atoms with Gasteiger partial charge in [-0.05, 0) is 47.7 Å². The van der Waals surface area contributed by atoms with Gasteiger partial charge in [0.25, 0.3) is 5.91 Å². The van der Waals surface area contributed by atoms with Crippen LogP contribution in [0.2, 0.25) is 0 Å². The zero-order chi connectivity index (χ0) is 19.6. The molecule has 0 saturated carbocycles. The molecule has 0 heterocycles. The van der Waals surface area contributed by atoms with E-state index < -0.39 is 5.97 Å². The normalized spacial score (nSPS) is 11.8. The molecule has 0 aliphatic heterocycles. The van der Waals surface area contributed by atoms with E-state index in [0.29, 0.717) is 17.2 Å². The highest BCUT2D eigenvalue weighted by molar-refractivity contribution is 5.90. The molecule has 1 unspecified atom stereocenters. The smallest absolute Gasteiger partial charge is 0.337 e. The third-order valence-corrected chi connectivity index (χ3v) is 4.17. The number of rotatable bonds is 8. The summed E-state index contributed by atoms with van der Waals surface area (Å²) in [6, 6.07) is 14.4. The van der Waals surface area contributed by atoms with Crippen LogP contribution in [-0.4, -0.2) is 31.8 Å². The summed E-state index contributed by atoms with van der Waals surface area (Å²) in [6.45, 7) is 4.19. The van der Waals surface area contributed by atoms with Crippen LogP contribution in [0.4, 0.5) is 0 Å². The average molecular weight is 368 g/mol. The van der Waals surface area contributed by atoms with Gasteiger partial charge in [-0.1, -0.05) is 38.1 Å². The Morgan fingerprint density at radius 2 is 1.78 bits per heavy atom. The van der Waals surface area contributed by atoms with Crippen molar-refractivity contribution in [2.45, 2.75) is 26.2 Å². The molecule has 2 aromatic carbocycles. The Kier molecular flexibility index (Phi) is 7.55. The maximum atomic E-state index is 11.8. The molecule has 6 heteroatoms. The Morgan fingerprint density at radius 3 is 2.37 bits per heavy atom. The predicted molar refractivity (Wildman–Crippen MR) is 104 cm³/mol. The van der Waals surface area contributed by atoms with Gasteiger partial charge in [-0.2, -0.15) is 5.10 Å². The molecule has 0 spiro atoms. The van der Waals surface area contributed by atoms with Crippen LogP contribution in [0.1, 0.15) is 47.7 Å². The van der Waals surface area contributed by atoms with Crippen molar-refractivity contribution in [1.82, 2.24) is 5.43 Å². The number of benzene rings is 2. The quantitative estimate of drug-likeness (QED) is 0.439. The first kappa shape index (κ1) is 20.2. The van der Waals surface area contributed by atoms with E-state index in [1.165, 1.54) is 18.9 Å². The third-order valence-electron chi connectivity index (χ3n) is 4.17. The first-order valence-electron chi connectivity index (χ1n) is 8.76. The van der Waals surface area contributed by atoms with Crippen LogP contribution in [0.5, 0.6) is 5.75 Å². The maximum Gasteiger partial charge on any atom is 0.337 e. The molecule has 2 aromatic rings. The lowest BCUT2D eigenvalue weighted by atomic mass is 9.99. The molecular formula is C21H24N2O4. The summed E-state index contributed by atoms with van der Waals surface area (Å²) >= 11 is 0. The summed E-state index contributed by atoms with van der Waals surface area (Å²) < 4.78 is 10.1. The van der Waals surface area contributed by atoms with Crippen molar-refractivity contribution in [2.75, 3.05) is 13.7 Å². The largest absolute Gasteiger partial charge is 0.484 e. The SMILES string of the molecule is CCC(C)c1ccc(OCC(=O)NN=Cc2ccc(C(=O)OC)cc2)cc1. The molecule has 1 N–H and O–H groups in total. The second-order valence-corrected chi connectivity index (χ2v) is 6.07. The predicted octanol–water partition coefficient (Wildman–Crippen LogP) is 3.52. The first-order valence-corrected chi connectivity index (χ1v) is 8.76. The minimum absolute atomic E-state index is 0.124. The van der Waals surface area contributed by atoms with Gasteiger partial charge in [-0.3, -0.25) is 4.79 Å². The van der Waals surface area contributed by atoms with Crippen LogP contribution in [0.15, 0.2) is 53.6 Å². The lowest BCUT2D eigenvalue weighted by Gasteiger charge is -2.10. The fourth-order valence-corrected chi connectivity index (χ4v) is 2.31. The third kappa shape index (κ3) is 6.26. The summed E-state index contributed by atoms with van der Waals surface area (Å²) in [7, 11) is 1.33. The van der Waals surface area contributed by atoms with Crippen molar-refractivity contribution in [1.29, 1.82) is 0 Å². The molecular weight excluding hydrogens is 344 g/mol. The monoisotopic (exact) mass is 368 g/mol. The summed E-state index contributed by atoms with van der Waals surface area (Å²) in [4.78, 5) is 23.2. The molecule has 0 aliphatic carbocycles. The summed E-state index contributed by atoms with van der Waals surface area (Å²) in [5.41, 5.74) is 4.84. The molecule has 27 heavy (non-hydrogen) atoms. The van der Waals surface area contributed by atoms with Crippen LogP contribution < -0.4 is 10.2 Å². The molecule has 0 aromatic heterocycles. The van der Waals surface area contributed by atoms with Crippen molar-refractivity contribution in [3.05, 3.63) is 65.2 Å². The fraction of sp³-hybridized carbons (Fsp3) is 0.286. The summed E-state index contributed by atoms with van der Waals surface area (Å²) in [5, 5.41) is 3.88. The maximum absolute atomic E-state index is 11.8. The molecule has 6 nitrogen and oxygen atoms in total. The van der Waals surface area contributed by atoms with Crippen LogP contribution in [0.25, 0.3) is 0 Å². The van der Waals surface area contributed by atoms with Gasteiger partial charge in [0.05, 0.1) is 18.9 Å². The number of nitrogens with zero attached hydrogens (tertiary/aromatic N) is 1. The Bertz CT molecular complexity index is 783. The highest BCUT2D eigenvalue weighted by Gasteiger charge is 2.05. The number of amides is 1.